The van der Waals surface area contributed by atoms with Crippen LogP contribution in [0.4, 0.5) is 0 Å². The molecule has 0 aromatic heterocycles. The van der Waals surface area contributed by atoms with Gasteiger partial charge < -0.3 is 5.32 Å². The first-order chi connectivity index (χ1) is 4.66. The van der Waals surface area contributed by atoms with Crippen LogP contribution in [-0.4, -0.2) is 25.5 Å². The summed E-state index contributed by atoms with van der Waals surface area (Å²) in [4.78, 5) is 10.7. The highest BCUT2D eigenvalue weighted by molar-refractivity contribution is 5.77. The molecule has 60 valence electrons. The van der Waals surface area contributed by atoms with Gasteiger partial charge in [-0.2, -0.15) is 0 Å². The summed E-state index contributed by atoms with van der Waals surface area (Å²) < 4.78 is 0. The van der Waals surface area contributed by atoms with Gasteiger partial charge in [0.15, 0.2) is 0 Å². The summed E-state index contributed by atoms with van der Waals surface area (Å²) in [5, 5.41) is 2.98. The van der Waals surface area contributed by atoms with Crippen LogP contribution in [0.1, 0.15) is 13.8 Å². The number of nitrogens with one attached hydrogen (secondary N) is 3. The van der Waals surface area contributed by atoms with E-state index < -0.39 is 0 Å². The van der Waals surface area contributed by atoms with Gasteiger partial charge in [0.25, 0.3) is 0 Å². The van der Waals surface area contributed by atoms with Crippen LogP contribution >= 0.6 is 0 Å². The molecule has 0 fully saturated rings. The fourth-order valence-electron chi connectivity index (χ4n) is 0.480. The fraction of sp³-hybridized carbons (Fsp3) is 0.833. The molecular weight excluding hydrogens is 130 g/mol. The smallest absolute Gasteiger partial charge is 0.248 e. The molecule has 10 heavy (non-hydrogen) atoms. The van der Waals surface area contributed by atoms with Crippen molar-refractivity contribution < 1.29 is 4.79 Å². The lowest BCUT2D eigenvalue weighted by Gasteiger charge is -2.07. The Hall–Kier alpha value is -0.610. The van der Waals surface area contributed by atoms with Crippen LogP contribution < -0.4 is 16.2 Å². The maximum atomic E-state index is 10.7. The molecule has 0 spiro atoms. The van der Waals surface area contributed by atoms with Crippen LogP contribution in [0.2, 0.25) is 0 Å². The highest BCUT2D eigenvalue weighted by atomic mass is 16.2. The van der Waals surface area contributed by atoms with Crippen LogP contribution in [0, 0.1) is 0 Å². The van der Waals surface area contributed by atoms with Gasteiger partial charge in [-0.3, -0.25) is 10.2 Å². The molecule has 0 rings (SSSR count). The molecule has 0 unspecified atom stereocenters. The van der Waals surface area contributed by atoms with Gasteiger partial charge in [0.2, 0.25) is 5.91 Å². The van der Waals surface area contributed by atoms with Crippen molar-refractivity contribution in [2.75, 3.05) is 13.6 Å². The number of carbonyl (C=O) groups is 1. The highest BCUT2D eigenvalue weighted by Gasteiger charge is 1.98. The Morgan fingerprint density at radius 3 is 2.50 bits per heavy atom. The molecule has 0 aromatic carbocycles. The van der Waals surface area contributed by atoms with E-state index in [1.807, 2.05) is 13.8 Å². The van der Waals surface area contributed by atoms with Crippen molar-refractivity contribution in [3.05, 3.63) is 0 Å². The van der Waals surface area contributed by atoms with Crippen LogP contribution in [0.25, 0.3) is 0 Å². The Labute approximate surface area is 61.3 Å². The Morgan fingerprint density at radius 1 is 1.50 bits per heavy atom. The maximum Gasteiger partial charge on any atom is 0.248 e. The SMILES string of the molecule is CNNC(=O)CNC(C)C. The van der Waals surface area contributed by atoms with Crippen molar-refractivity contribution in [2.45, 2.75) is 19.9 Å². The lowest BCUT2D eigenvalue weighted by Crippen LogP contribution is -2.42. The largest absolute Gasteiger partial charge is 0.306 e. The Balaban J connectivity index is 3.22. The molecule has 4 nitrogen and oxygen atoms in total. The van der Waals surface area contributed by atoms with Crippen LogP contribution in [0.3, 0.4) is 0 Å². The van der Waals surface area contributed by atoms with Crippen molar-refractivity contribution >= 4 is 5.91 Å². The van der Waals surface area contributed by atoms with E-state index in [9.17, 15) is 4.79 Å². The van der Waals surface area contributed by atoms with Gasteiger partial charge in [-0.1, -0.05) is 13.8 Å². The van der Waals surface area contributed by atoms with E-state index >= 15 is 0 Å². The quantitative estimate of drug-likeness (QED) is 0.456. The molecule has 0 aromatic rings. The number of carbonyl (C=O) groups excluding carboxylic acids is 1. The summed E-state index contributed by atoms with van der Waals surface area (Å²) in [6.07, 6.45) is 0. The van der Waals surface area contributed by atoms with Gasteiger partial charge >= 0.3 is 0 Å². The topological polar surface area (TPSA) is 53.2 Å². The van der Waals surface area contributed by atoms with Gasteiger partial charge in [0.1, 0.15) is 0 Å². The standard InChI is InChI=1S/C6H15N3O/c1-5(2)8-4-6(10)9-7-3/h5,7-8H,4H2,1-3H3,(H,9,10). The molecule has 3 N–H and O–H groups in total. The summed E-state index contributed by atoms with van der Waals surface area (Å²) in [7, 11) is 1.66. The normalized spacial score (nSPS) is 10.0. The first kappa shape index (κ1) is 9.39. The zero-order valence-electron chi connectivity index (χ0n) is 6.69. The summed E-state index contributed by atoms with van der Waals surface area (Å²) in [6, 6.07) is 0.350. The van der Waals surface area contributed by atoms with Gasteiger partial charge in [-0.05, 0) is 0 Å². The molecule has 0 bridgehead atoms. The number of hydrazine groups is 1. The minimum Gasteiger partial charge on any atom is -0.306 e. The van der Waals surface area contributed by atoms with E-state index in [1.165, 1.54) is 0 Å². The minimum atomic E-state index is -0.0452. The second-order valence-electron chi connectivity index (χ2n) is 2.33. The number of hydrogen-bond donors (Lipinski definition) is 3. The second kappa shape index (κ2) is 5.20. The van der Waals surface area contributed by atoms with Crippen LogP contribution in [0.15, 0.2) is 0 Å². The van der Waals surface area contributed by atoms with Crippen molar-refractivity contribution in [3.8, 4) is 0 Å². The second-order valence-corrected chi connectivity index (χ2v) is 2.33. The Morgan fingerprint density at radius 2 is 2.10 bits per heavy atom. The van der Waals surface area contributed by atoms with Gasteiger partial charge in [0.05, 0.1) is 6.54 Å². The lowest BCUT2D eigenvalue weighted by molar-refractivity contribution is -0.121. The molecule has 4 heteroatoms. The van der Waals surface area contributed by atoms with E-state index in [4.69, 9.17) is 0 Å². The molecule has 0 saturated carbocycles. The van der Waals surface area contributed by atoms with Crippen molar-refractivity contribution in [1.29, 1.82) is 0 Å². The van der Waals surface area contributed by atoms with E-state index in [0.29, 0.717) is 12.6 Å². The van der Waals surface area contributed by atoms with Gasteiger partial charge in [-0.15, -0.1) is 0 Å². The predicted octanol–water partition coefficient (Wildman–Crippen LogP) is -0.765. The van der Waals surface area contributed by atoms with Crippen molar-refractivity contribution in [1.82, 2.24) is 16.2 Å². The molecule has 0 heterocycles. The molecule has 0 atom stereocenters. The summed E-state index contributed by atoms with van der Waals surface area (Å²) >= 11 is 0. The lowest BCUT2D eigenvalue weighted by atomic mass is 10.4. The molecule has 0 radical (unpaired) electrons. The molecular formula is C6H15N3O. The molecule has 0 aliphatic heterocycles. The fourth-order valence-corrected chi connectivity index (χ4v) is 0.480. The van der Waals surface area contributed by atoms with E-state index in [-0.39, 0.29) is 5.91 Å². The van der Waals surface area contributed by atoms with Crippen molar-refractivity contribution in [2.24, 2.45) is 0 Å². The molecule has 1 amide bonds. The first-order valence-electron chi connectivity index (χ1n) is 3.35. The Kier molecular flexibility index (Phi) is 4.88. The monoisotopic (exact) mass is 145 g/mol. The average molecular weight is 145 g/mol. The molecule has 0 aliphatic rings. The number of hydrogen-bond acceptors (Lipinski definition) is 3. The van der Waals surface area contributed by atoms with Crippen LogP contribution in [0.5, 0.6) is 0 Å². The number of rotatable bonds is 4. The summed E-state index contributed by atoms with van der Waals surface area (Å²) in [5.74, 6) is -0.0452. The summed E-state index contributed by atoms with van der Waals surface area (Å²) in [5.41, 5.74) is 5.00. The first-order valence-corrected chi connectivity index (χ1v) is 3.35. The van der Waals surface area contributed by atoms with E-state index in [2.05, 4.69) is 16.2 Å². The third kappa shape index (κ3) is 5.53. The van der Waals surface area contributed by atoms with E-state index in [1.54, 1.807) is 7.05 Å². The molecule has 0 saturated heterocycles. The van der Waals surface area contributed by atoms with E-state index in [0.717, 1.165) is 0 Å². The van der Waals surface area contributed by atoms with Gasteiger partial charge in [-0.25, -0.2) is 5.43 Å². The minimum absolute atomic E-state index is 0.0452. The zero-order valence-corrected chi connectivity index (χ0v) is 6.69. The Bertz CT molecular complexity index is 103. The zero-order chi connectivity index (χ0) is 7.98. The third-order valence-corrected chi connectivity index (χ3v) is 0.935. The third-order valence-electron chi connectivity index (χ3n) is 0.935. The number of amides is 1. The van der Waals surface area contributed by atoms with Gasteiger partial charge in [0, 0.05) is 13.1 Å². The summed E-state index contributed by atoms with van der Waals surface area (Å²) in [6.45, 7) is 4.35. The average Bonchev–Trinajstić information content (AvgIpc) is 1.85. The molecule has 0 aliphatic carbocycles. The van der Waals surface area contributed by atoms with Crippen molar-refractivity contribution in [3.63, 3.8) is 0 Å². The maximum absolute atomic E-state index is 10.7. The predicted molar refractivity (Wildman–Crippen MR) is 40.3 cm³/mol. The highest BCUT2D eigenvalue weighted by Crippen LogP contribution is 1.73. The van der Waals surface area contributed by atoms with Crippen LogP contribution in [-0.2, 0) is 4.79 Å².